The first-order valence-electron chi connectivity index (χ1n) is 6.27. The molecule has 5 heteroatoms. The summed E-state index contributed by atoms with van der Waals surface area (Å²) in [7, 11) is 0. The van der Waals surface area contributed by atoms with E-state index in [0.717, 1.165) is 28.3 Å². The van der Waals surface area contributed by atoms with E-state index in [4.69, 9.17) is 4.52 Å². The highest BCUT2D eigenvalue weighted by atomic mass is 16.5. The summed E-state index contributed by atoms with van der Waals surface area (Å²) in [6.45, 7) is 4.94. The van der Waals surface area contributed by atoms with E-state index in [-0.39, 0.29) is 5.91 Å². The Labute approximate surface area is 111 Å². The van der Waals surface area contributed by atoms with Gasteiger partial charge in [0.25, 0.3) is 0 Å². The maximum Gasteiger partial charge on any atom is 0.227 e. The van der Waals surface area contributed by atoms with Crippen LogP contribution in [0.2, 0.25) is 0 Å². The van der Waals surface area contributed by atoms with E-state index in [1.807, 2.05) is 30.9 Å². The molecule has 1 aliphatic rings. The zero-order valence-corrected chi connectivity index (χ0v) is 11.0. The van der Waals surface area contributed by atoms with Gasteiger partial charge in [0.05, 0.1) is 24.4 Å². The lowest BCUT2D eigenvalue weighted by atomic mass is 10.1. The Morgan fingerprint density at radius 3 is 2.95 bits per heavy atom. The fraction of sp³-hybridized carbons (Fsp3) is 0.357. The molecule has 0 aliphatic carbocycles. The van der Waals surface area contributed by atoms with Gasteiger partial charge in [-0.1, -0.05) is 11.2 Å². The summed E-state index contributed by atoms with van der Waals surface area (Å²) in [5, 5.41) is 3.88. The summed E-state index contributed by atoms with van der Waals surface area (Å²) in [6.07, 6.45) is 2.11. The first-order valence-corrected chi connectivity index (χ1v) is 6.27. The van der Waals surface area contributed by atoms with Gasteiger partial charge in [-0.3, -0.25) is 9.78 Å². The van der Waals surface area contributed by atoms with E-state index in [0.29, 0.717) is 19.5 Å². The number of aromatic nitrogens is 2. The number of nitrogens with zero attached hydrogens (tertiary/aromatic N) is 3. The second-order valence-corrected chi connectivity index (χ2v) is 4.84. The molecule has 0 N–H and O–H groups in total. The standard InChI is InChI=1S/C14H15N3O2/c1-9-12(10(2)19-16-9)6-14(18)17-7-11-4-3-5-15-13(11)8-17/h3-5H,6-8H2,1-2H3. The second kappa shape index (κ2) is 4.50. The highest BCUT2D eigenvalue weighted by Crippen LogP contribution is 2.22. The molecule has 0 spiro atoms. The lowest BCUT2D eigenvalue weighted by Crippen LogP contribution is -2.27. The smallest absolute Gasteiger partial charge is 0.227 e. The number of carbonyl (C=O) groups is 1. The van der Waals surface area contributed by atoms with Gasteiger partial charge in [0, 0.05) is 18.3 Å². The van der Waals surface area contributed by atoms with Gasteiger partial charge in [-0.25, -0.2) is 0 Å². The van der Waals surface area contributed by atoms with Gasteiger partial charge in [-0.2, -0.15) is 0 Å². The number of pyridine rings is 1. The van der Waals surface area contributed by atoms with Gasteiger partial charge in [-0.15, -0.1) is 0 Å². The molecule has 19 heavy (non-hydrogen) atoms. The summed E-state index contributed by atoms with van der Waals surface area (Å²) in [6, 6.07) is 3.92. The molecule has 0 bridgehead atoms. The molecule has 0 fully saturated rings. The van der Waals surface area contributed by atoms with Gasteiger partial charge in [0.15, 0.2) is 0 Å². The molecule has 0 saturated heterocycles. The van der Waals surface area contributed by atoms with Crippen LogP contribution in [0, 0.1) is 13.8 Å². The first kappa shape index (κ1) is 11.9. The van der Waals surface area contributed by atoms with Crippen LogP contribution in [0.15, 0.2) is 22.9 Å². The zero-order valence-electron chi connectivity index (χ0n) is 11.0. The van der Waals surface area contributed by atoms with Crippen LogP contribution in [0.4, 0.5) is 0 Å². The highest BCUT2D eigenvalue weighted by Gasteiger charge is 2.25. The van der Waals surface area contributed by atoms with Crippen molar-refractivity contribution in [3.8, 4) is 0 Å². The van der Waals surface area contributed by atoms with E-state index >= 15 is 0 Å². The van der Waals surface area contributed by atoms with Crippen LogP contribution in [0.1, 0.15) is 28.3 Å². The van der Waals surface area contributed by atoms with E-state index < -0.39 is 0 Å². The van der Waals surface area contributed by atoms with Crippen LogP contribution in [0.3, 0.4) is 0 Å². The lowest BCUT2D eigenvalue weighted by molar-refractivity contribution is -0.131. The molecular formula is C14H15N3O2. The van der Waals surface area contributed by atoms with Crippen molar-refractivity contribution < 1.29 is 9.32 Å². The molecule has 3 rings (SSSR count). The molecule has 1 aliphatic heterocycles. The van der Waals surface area contributed by atoms with Crippen LogP contribution in [-0.2, 0) is 24.3 Å². The van der Waals surface area contributed by atoms with Crippen LogP contribution >= 0.6 is 0 Å². The Morgan fingerprint density at radius 2 is 2.26 bits per heavy atom. The average Bonchev–Trinajstić information content (AvgIpc) is 2.97. The van der Waals surface area contributed by atoms with E-state index in [9.17, 15) is 4.79 Å². The number of hydrogen-bond donors (Lipinski definition) is 0. The summed E-state index contributed by atoms with van der Waals surface area (Å²) in [5.41, 5.74) is 3.82. The predicted molar refractivity (Wildman–Crippen MR) is 68.2 cm³/mol. The minimum Gasteiger partial charge on any atom is -0.361 e. The van der Waals surface area contributed by atoms with Crippen molar-refractivity contribution in [2.24, 2.45) is 0 Å². The molecule has 0 aromatic carbocycles. The molecule has 0 radical (unpaired) electrons. The number of amides is 1. The third-order valence-corrected chi connectivity index (χ3v) is 3.55. The predicted octanol–water partition coefficient (Wildman–Crippen LogP) is 1.77. The molecule has 0 unspecified atom stereocenters. The molecule has 0 saturated carbocycles. The molecular weight excluding hydrogens is 242 g/mol. The molecule has 0 atom stereocenters. The SMILES string of the molecule is Cc1noc(C)c1CC(=O)N1Cc2cccnc2C1. The average molecular weight is 257 g/mol. The second-order valence-electron chi connectivity index (χ2n) is 4.84. The third-order valence-electron chi connectivity index (χ3n) is 3.55. The van der Waals surface area contributed by atoms with Gasteiger partial charge >= 0.3 is 0 Å². The normalized spacial score (nSPS) is 13.7. The third kappa shape index (κ3) is 2.12. The van der Waals surface area contributed by atoms with Crippen molar-refractivity contribution in [3.05, 3.63) is 46.6 Å². The lowest BCUT2D eigenvalue weighted by Gasteiger charge is -2.14. The summed E-state index contributed by atoms with van der Waals surface area (Å²) >= 11 is 0. The fourth-order valence-corrected chi connectivity index (χ4v) is 2.39. The van der Waals surface area contributed by atoms with Crippen molar-refractivity contribution in [1.82, 2.24) is 15.0 Å². The Morgan fingerprint density at radius 1 is 1.42 bits per heavy atom. The van der Waals surface area contributed by atoms with Crippen LogP contribution < -0.4 is 0 Å². The number of fused-ring (bicyclic) bond motifs is 1. The zero-order chi connectivity index (χ0) is 13.4. The minimum atomic E-state index is 0.0902. The molecule has 5 nitrogen and oxygen atoms in total. The largest absolute Gasteiger partial charge is 0.361 e. The maximum atomic E-state index is 12.3. The number of hydrogen-bond acceptors (Lipinski definition) is 4. The van der Waals surface area contributed by atoms with E-state index in [1.54, 1.807) is 6.20 Å². The quantitative estimate of drug-likeness (QED) is 0.822. The van der Waals surface area contributed by atoms with Crippen molar-refractivity contribution in [2.45, 2.75) is 33.4 Å². The first-order chi connectivity index (χ1) is 9.15. The number of carbonyl (C=O) groups excluding carboxylic acids is 1. The Hall–Kier alpha value is -2.17. The molecule has 1 amide bonds. The topological polar surface area (TPSA) is 59.2 Å². The Balaban J connectivity index is 1.74. The van der Waals surface area contributed by atoms with Gasteiger partial charge in [0.2, 0.25) is 5.91 Å². The molecule has 2 aromatic heterocycles. The minimum absolute atomic E-state index is 0.0902. The van der Waals surface area contributed by atoms with Crippen LogP contribution in [0.25, 0.3) is 0 Å². The molecule has 98 valence electrons. The maximum absolute atomic E-state index is 12.3. The Kier molecular flexibility index (Phi) is 2.81. The van der Waals surface area contributed by atoms with Crippen molar-refractivity contribution in [1.29, 1.82) is 0 Å². The van der Waals surface area contributed by atoms with Crippen molar-refractivity contribution >= 4 is 5.91 Å². The van der Waals surface area contributed by atoms with Crippen molar-refractivity contribution in [3.63, 3.8) is 0 Å². The van der Waals surface area contributed by atoms with Gasteiger partial charge < -0.3 is 9.42 Å². The summed E-state index contributed by atoms with van der Waals surface area (Å²) in [4.78, 5) is 18.4. The van der Waals surface area contributed by atoms with Gasteiger partial charge in [-0.05, 0) is 25.5 Å². The highest BCUT2D eigenvalue weighted by molar-refractivity contribution is 5.79. The number of rotatable bonds is 2. The van der Waals surface area contributed by atoms with E-state index in [2.05, 4.69) is 10.1 Å². The number of aryl methyl sites for hydroxylation is 2. The van der Waals surface area contributed by atoms with Crippen LogP contribution in [0.5, 0.6) is 0 Å². The summed E-state index contributed by atoms with van der Waals surface area (Å²) in [5.74, 6) is 0.813. The molecule has 2 aromatic rings. The Bertz CT molecular complexity index is 589. The summed E-state index contributed by atoms with van der Waals surface area (Å²) < 4.78 is 5.09. The monoisotopic (exact) mass is 257 g/mol. The van der Waals surface area contributed by atoms with Crippen molar-refractivity contribution in [2.75, 3.05) is 0 Å². The van der Waals surface area contributed by atoms with Gasteiger partial charge in [0.1, 0.15) is 5.76 Å². The van der Waals surface area contributed by atoms with E-state index in [1.165, 1.54) is 0 Å². The molecule has 3 heterocycles. The fourth-order valence-electron chi connectivity index (χ4n) is 2.39. The van der Waals surface area contributed by atoms with Crippen LogP contribution in [-0.4, -0.2) is 20.9 Å².